The molecule has 0 radical (unpaired) electrons. The van der Waals surface area contributed by atoms with Crippen LogP contribution >= 0.6 is 11.8 Å². The van der Waals surface area contributed by atoms with Crippen molar-refractivity contribution in [1.29, 1.82) is 0 Å². The number of piperidine rings is 1. The first-order valence-corrected chi connectivity index (χ1v) is 19.3. The van der Waals surface area contributed by atoms with Gasteiger partial charge in [-0.2, -0.15) is 5.10 Å². The van der Waals surface area contributed by atoms with Gasteiger partial charge in [-0.25, -0.2) is 18.4 Å². The maximum absolute atomic E-state index is 13.1. The van der Waals surface area contributed by atoms with Crippen LogP contribution in [0.25, 0.3) is 0 Å². The van der Waals surface area contributed by atoms with Gasteiger partial charge in [-0.05, 0) is 74.2 Å². The van der Waals surface area contributed by atoms with Crippen LogP contribution in [0.1, 0.15) is 43.4 Å². The third-order valence-corrected chi connectivity index (χ3v) is 12.3. The lowest BCUT2D eigenvalue weighted by atomic mass is 10.0. The standard InChI is InChI=1S/C35H44N8O3S2/c1-25-23-31(40-39-25)36-33-32(46-2)34(42-20-17-41(18-21-42)19-22-43-27-9-6-10-28(43)12-11-27)38-35(37-33)47-29-13-15-30(16-14-29)48(44,45)24-26-7-4-3-5-8-26/h3-5,7-8,13-16,23,27-28H,6,9-12,17-22,24H2,1-2H3,(H2,36,37,38,39,40). The number of aryl methyl sites for hydroxylation is 1. The van der Waals surface area contributed by atoms with Crippen LogP contribution in [-0.4, -0.2) is 96.8 Å². The van der Waals surface area contributed by atoms with E-state index in [9.17, 15) is 8.42 Å². The van der Waals surface area contributed by atoms with E-state index in [1.165, 1.54) is 43.9 Å². The molecule has 3 fully saturated rings. The summed E-state index contributed by atoms with van der Waals surface area (Å²) in [7, 11) is -1.83. The second kappa shape index (κ2) is 14.5. The van der Waals surface area contributed by atoms with E-state index < -0.39 is 9.84 Å². The van der Waals surface area contributed by atoms with Crippen molar-refractivity contribution in [1.82, 2.24) is 30.0 Å². The minimum atomic E-state index is -3.48. The molecule has 5 heterocycles. The molecule has 0 aliphatic carbocycles. The number of anilines is 3. The monoisotopic (exact) mass is 688 g/mol. The lowest BCUT2D eigenvalue weighted by Gasteiger charge is -2.39. The molecule has 7 rings (SSSR count). The zero-order valence-corrected chi connectivity index (χ0v) is 29.3. The highest BCUT2D eigenvalue weighted by molar-refractivity contribution is 7.99. The van der Waals surface area contributed by atoms with Crippen LogP contribution in [0.2, 0.25) is 0 Å². The SMILES string of the molecule is COc1c(Nc2cc(C)[nH]n2)nc(Sc2ccc(S(=O)(=O)Cc3ccccc3)cc2)nc1N1CCN(CCN2C3CCCC2CC3)CC1. The minimum Gasteiger partial charge on any atom is -0.490 e. The van der Waals surface area contributed by atoms with E-state index in [1.807, 2.05) is 55.5 Å². The fraction of sp³-hybridized carbons (Fsp3) is 0.457. The number of fused-ring (bicyclic) bond motifs is 2. The van der Waals surface area contributed by atoms with Crippen LogP contribution < -0.4 is 15.0 Å². The van der Waals surface area contributed by atoms with E-state index in [-0.39, 0.29) is 10.6 Å². The smallest absolute Gasteiger partial charge is 0.204 e. The van der Waals surface area contributed by atoms with Gasteiger partial charge < -0.3 is 15.0 Å². The van der Waals surface area contributed by atoms with E-state index >= 15 is 0 Å². The number of aromatic amines is 1. The van der Waals surface area contributed by atoms with Crippen LogP contribution in [0.15, 0.2) is 75.6 Å². The van der Waals surface area contributed by atoms with Gasteiger partial charge in [0.2, 0.25) is 5.75 Å². The summed E-state index contributed by atoms with van der Waals surface area (Å²) in [6.07, 6.45) is 6.87. The Kier molecular flexibility index (Phi) is 9.90. The number of hydrogen-bond acceptors (Lipinski definition) is 11. The molecule has 0 amide bonds. The summed E-state index contributed by atoms with van der Waals surface area (Å²) >= 11 is 1.39. The summed E-state index contributed by atoms with van der Waals surface area (Å²) in [5.41, 5.74) is 1.69. The highest BCUT2D eigenvalue weighted by Crippen LogP contribution is 2.39. The number of ether oxygens (including phenoxy) is 1. The molecule has 3 aliphatic rings. The molecule has 4 aromatic rings. The molecule has 13 heteroatoms. The topological polar surface area (TPSA) is 120 Å². The van der Waals surface area contributed by atoms with E-state index in [2.05, 4.69) is 30.2 Å². The average Bonchev–Trinajstić information content (AvgIpc) is 3.60. The van der Waals surface area contributed by atoms with Crippen LogP contribution in [-0.2, 0) is 15.6 Å². The number of methoxy groups -OCH3 is 1. The normalized spacial score (nSPS) is 20.2. The second-order valence-electron chi connectivity index (χ2n) is 13.0. The van der Waals surface area contributed by atoms with Crippen molar-refractivity contribution in [2.24, 2.45) is 0 Å². The number of hydrogen-bond donors (Lipinski definition) is 2. The van der Waals surface area contributed by atoms with Crippen molar-refractivity contribution in [3.8, 4) is 5.75 Å². The van der Waals surface area contributed by atoms with Gasteiger partial charge in [-0.15, -0.1) is 0 Å². The predicted octanol–water partition coefficient (Wildman–Crippen LogP) is 5.52. The predicted molar refractivity (Wildman–Crippen MR) is 189 cm³/mol. The zero-order valence-electron chi connectivity index (χ0n) is 27.6. The van der Waals surface area contributed by atoms with Crippen LogP contribution in [0.3, 0.4) is 0 Å². The Morgan fingerprint density at radius 3 is 2.33 bits per heavy atom. The third-order valence-electron chi connectivity index (χ3n) is 9.77. The number of benzene rings is 2. The first kappa shape index (κ1) is 32.9. The Labute approximate surface area is 287 Å². The molecule has 48 heavy (non-hydrogen) atoms. The lowest BCUT2D eigenvalue weighted by Crippen LogP contribution is -2.50. The quantitative estimate of drug-likeness (QED) is 0.183. The van der Waals surface area contributed by atoms with Gasteiger partial charge in [0.1, 0.15) is 0 Å². The van der Waals surface area contributed by atoms with Crippen molar-refractivity contribution < 1.29 is 13.2 Å². The highest BCUT2D eigenvalue weighted by atomic mass is 32.2. The van der Waals surface area contributed by atoms with Crippen molar-refractivity contribution in [2.75, 3.05) is 56.6 Å². The van der Waals surface area contributed by atoms with Crippen LogP contribution in [0.4, 0.5) is 17.5 Å². The molecular formula is C35H44N8O3S2. The molecule has 2 N–H and O–H groups in total. The van der Waals surface area contributed by atoms with Crippen molar-refractivity contribution >= 4 is 39.1 Å². The number of aromatic nitrogens is 4. The summed E-state index contributed by atoms with van der Waals surface area (Å²) in [5, 5.41) is 11.2. The molecule has 254 valence electrons. The van der Waals surface area contributed by atoms with E-state index in [0.717, 1.165) is 73.3 Å². The summed E-state index contributed by atoms with van der Waals surface area (Å²) in [4.78, 5) is 18.6. The fourth-order valence-corrected chi connectivity index (χ4v) is 9.38. The van der Waals surface area contributed by atoms with Crippen LogP contribution in [0, 0.1) is 6.92 Å². The van der Waals surface area contributed by atoms with E-state index in [0.29, 0.717) is 22.5 Å². The minimum absolute atomic E-state index is 0.0421. The lowest BCUT2D eigenvalue weighted by molar-refractivity contribution is 0.116. The fourth-order valence-electron chi connectivity index (χ4n) is 7.28. The first-order valence-electron chi connectivity index (χ1n) is 16.9. The maximum Gasteiger partial charge on any atom is 0.204 e. The van der Waals surface area contributed by atoms with Crippen LogP contribution in [0.5, 0.6) is 5.75 Å². The maximum atomic E-state index is 13.1. The largest absolute Gasteiger partial charge is 0.490 e. The first-order chi connectivity index (χ1) is 23.3. The molecule has 2 aromatic heterocycles. The van der Waals surface area contributed by atoms with Gasteiger partial charge in [0, 0.05) is 68.0 Å². The molecule has 2 aromatic carbocycles. The molecule has 3 aliphatic heterocycles. The van der Waals surface area contributed by atoms with Crippen molar-refractivity contribution in [2.45, 2.75) is 71.8 Å². The Bertz CT molecular complexity index is 1780. The zero-order chi connectivity index (χ0) is 33.1. The van der Waals surface area contributed by atoms with Gasteiger partial charge >= 0.3 is 0 Å². The summed E-state index contributed by atoms with van der Waals surface area (Å²) in [5.74, 6) is 2.43. The Hall–Kier alpha value is -3.65. The summed E-state index contributed by atoms with van der Waals surface area (Å²) in [6.45, 7) is 7.79. The Balaban J connectivity index is 1.08. The second-order valence-corrected chi connectivity index (χ2v) is 16.0. The van der Waals surface area contributed by atoms with Gasteiger partial charge in [-0.1, -0.05) is 36.8 Å². The molecule has 2 atom stereocenters. The molecular weight excluding hydrogens is 645 g/mol. The number of rotatable bonds is 12. The van der Waals surface area contributed by atoms with Gasteiger partial charge in [0.05, 0.1) is 17.8 Å². The average molecular weight is 689 g/mol. The number of nitrogens with zero attached hydrogens (tertiary/aromatic N) is 6. The third kappa shape index (κ3) is 7.49. The van der Waals surface area contributed by atoms with E-state index in [4.69, 9.17) is 14.7 Å². The number of nitrogens with one attached hydrogen (secondary N) is 2. The molecule has 2 unspecified atom stereocenters. The number of sulfone groups is 1. The Morgan fingerprint density at radius 1 is 0.938 bits per heavy atom. The molecule has 0 saturated carbocycles. The Morgan fingerprint density at radius 2 is 1.67 bits per heavy atom. The summed E-state index contributed by atoms with van der Waals surface area (Å²) < 4.78 is 32.1. The molecule has 11 nitrogen and oxygen atoms in total. The number of H-pyrrole nitrogens is 1. The number of piperazine rings is 1. The highest BCUT2D eigenvalue weighted by Gasteiger charge is 2.36. The van der Waals surface area contributed by atoms with E-state index in [1.54, 1.807) is 19.2 Å². The van der Waals surface area contributed by atoms with Crippen molar-refractivity contribution in [3.05, 3.63) is 71.9 Å². The molecule has 0 spiro atoms. The van der Waals surface area contributed by atoms with Gasteiger partial charge in [-0.3, -0.25) is 14.9 Å². The van der Waals surface area contributed by atoms with Crippen molar-refractivity contribution in [3.63, 3.8) is 0 Å². The molecule has 2 bridgehead atoms. The van der Waals surface area contributed by atoms with Gasteiger partial charge in [0.15, 0.2) is 32.4 Å². The molecule has 3 saturated heterocycles. The van der Waals surface area contributed by atoms with Gasteiger partial charge in [0.25, 0.3) is 0 Å². The summed E-state index contributed by atoms with van der Waals surface area (Å²) in [6, 6.07) is 19.7.